The molecular formula is C25H26N8O. The van der Waals surface area contributed by atoms with E-state index in [2.05, 4.69) is 29.2 Å². The standard InChI is InChI=1S/C25H26N8O/c34-24(31-17-15-30(16-18-31)21-9-1-3-10-26-21)22-19-7-2-4-13-32(19)23(29-22)20-8-5-14-33(20)25-27-11-6-12-28-25/h1-4,6-7,9-13,20H,5,8,14-18H2/t20-/m1/s1. The number of hydrogen-bond donors (Lipinski definition) is 0. The van der Waals surface area contributed by atoms with Crippen LogP contribution in [0.15, 0.2) is 67.3 Å². The Morgan fingerprint density at radius 2 is 1.65 bits per heavy atom. The van der Waals surface area contributed by atoms with Crippen LogP contribution in [0, 0.1) is 0 Å². The summed E-state index contributed by atoms with van der Waals surface area (Å²) in [5, 5.41) is 0. The molecule has 2 fully saturated rings. The summed E-state index contributed by atoms with van der Waals surface area (Å²) in [6.45, 7) is 3.66. The first-order chi connectivity index (χ1) is 16.8. The molecule has 0 N–H and O–H groups in total. The van der Waals surface area contributed by atoms with E-state index in [9.17, 15) is 4.79 Å². The summed E-state index contributed by atoms with van der Waals surface area (Å²) in [6.07, 6.45) is 9.31. The lowest BCUT2D eigenvalue weighted by molar-refractivity contribution is 0.0743. The second-order valence-corrected chi connectivity index (χ2v) is 8.64. The lowest BCUT2D eigenvalue weighted by Gasteiger charge is -2.35. The van der Waals surface area contributed by atoms with Crippen molar-refractivity contribution in [2.75, 3.05) is 42.5 Å². The van der Waals surface area contributed by atoms with E-state index in [4.69, 9.17) is 4.98 Å². The number of pyridine rings is 2. The molecule has 2 saturated heterocycles. The second kappa shape index (κ2) is 8.74. The fourth-order valence-electron chi connectivity index (χ4n) is 5.00. The Labute approximate surface area is 197 Å². The summed E-state index contributed by atoms with van der Waals surface area (Å²) in [5.41, 5.74) is 1.36. The van der Waals surface area contributed by atoms with E-state index in [0.29, 0.717) is 24.7 Å². The highest BCUT2D eigenvalue weighted by atomic mass is 16.2. The van der Waals surface area contributed by atoms with Gasteiger partial charge in [0.1, 0.15) is 11.6 Å². The number of rotatable bonds is 4. The van der Waals surface area contributed by atoms with Crippen LogP contribution in [0.4, 0.5) is 11.8 Å². The van der Waals surface area contributed by atoms with Gasteiger partial charge in [0.05, 0.1) is 11.6 Å². The summed E-state index contributed by atoms with van der Waals surface area (Å²) in [5.74, 6) is 2.51. The molecule has 0 radical (unpaired) electrons. The minimum Gasteiger partial charge on any atom is -0.353 e. The lowest BCUT2D eigenvalue weighted by Crippen LogP contribution is -2.49. The summed E-state index contributed by atoms with van der Waals surface area (Å²) >= 11 is 0. The van der Waals surface area contributed by atoms with Crippen molar-refractivity contribution in [3.8, 4) is 0 Å². The molecule has 4 aromatic rings. The molecule has 9 heteroatoms. The van der Waals surface area contributed by atoms with Crippen LogP contribution in [0.5, 0.6) is 0 Å². The maximum absolute atomic E-state index is 13.6. The largest absolute Gasteiger partial charge is 0.353 e. The van der Waals surface area contributed by atoms with Crippen LogP contribution < -0.4 is 9.80 Å². The molecule has 4 aromatic heterocycles. The van der Waals surface area contributed by atoms with Crippen molar-refractivity contribution in [2.24, 2.45) is 0 Å². The molecule has 2 aliphatic heterocycles. The molecule has 0 aromatic carbocycles. The van der Waals surface area contributed by atoms with E-state index in [1.165, 1.54) is 0 Å². The van der Waals surface area contributed by atoms with Crippen molar-refractivity contribution < 1.29 is 4.79 Å². The maximum Gasteiger partial charge on any atom is 0.274 e. The minimum atomic E-state index is -0.0175. The van der Waals surface area contributed by atoms with Gasteiger partial charge >= 0.3 is 0 Å². The molecule has 0 saturated carbocycles. The Bertz CT molecular complexity index is 1280. The molecule has 6 rings (SSSR count). The number of aromatic nitrogens is 5. The summed E-state index contributed by atoms with van der Waals surface area (Å²) < 4.78 is 2.06. The van der Waals surface area contributed by atoms with Crippen LogP contribution in [-0.2, 0) is 0 Å². The normalized spacial score (nSPS) is 18.6. The number of nitrogens with zero attached hydrogens (tertiary/aromatic N) is 8. The second-order valence-electron chi connectivity index (χ2n) is 8.64. The first kappa shape index (κ1) is 20.6. The third kappa shape index (κ3) is 3.63. The van der Waals surface area contributed by atoms with Crippen LogP contribution in [0.3, 0.4) is 0 Å². The molecule has 0 spiro atoms. The van der Waals surface area contributed by atoms with E-state index < -0.39 is 0 Å². The number of imidazole rings is 1. The van der Waals surface area contributed by atoms with Gasteiger partial charge in [0, 0.05) is 57.5 Å². The van der Waals surface area contributed by atoms with Gasteiger partial charge in [-0.2, -0.15) is 0 Å². The number of carbonyl (C=O) groups excluding carboxylic acids is 1. The molecule has 0 aliphatic carbocycles. The molecule has 1 amide bonds. The Morgan fingerprint density at radius 3 is 2.44 bits per heavy atom. The van der Waals surface area contributed by atoms with Crippen molar-refractivity contribution in [1.29, 1.82) is 0 Å². The number of piperazine rings is 1. The number of amides is 1. The van der Waals surface area contributed by atoms with Gasteiger partial charge < -0.3 is 19.1 Å². The molecule has 9 nitrogen and oxygen atoms in total. The molecular weight excluding hydrogens is 428 g/mol. The van der Waals surface area contributed by atoms with Gasteiger partial charge in [-0.25, -0.2) is 19.9 Å². The third-order valence-electron chi connectivity index (χ3n) is 6.68. The molecule has 1 atom stereocenters. The first-order valence-corrected chi connectivity index (χ1v) is 11.8. The van der Waals surface area contributed by atoms with Crippen molar-refractivity contribution in [3.63, 3.8) is 0 Å². The Morgan fingerprint density at radius 1 is 0.853 bits per heavy atom. The van der Waals surface area contributed by atoms with E-state index in [1.54, 1.807) is 18.6 Å². The average molecular weight is 455 g/mol. The summed E-state index contributed by atoms with van der Waals surface area (Å²) in [4.78, 5) is 38.2. The summed E-state index contributed by atoms with van der Waals surface area (Å²) in [7, 11) is 0. The van der Waals surface area contributed by atoms with Crippen LogP contribution in [0.1, 0.15) is 35.2 Å². The van der Waals surface area contributed by atoms with E-state index >= 15 is 0 Å². The highest BCUT2D eigenvalue weighted by molar-refractivity contribution is 5.99. The predicted molar refractivity (Wildman–Crippen MR) is 129 cm³/mol. The molecule has 0 unspecified atom stereocenters. The lowest BCUT2D eigenvalue weighted by atomic mass is 10.2. The molecule has 34 heavy (non-hydrogen) atoms. The highest BCUT2D eigenvalue weighted by Gasteiger charge is 2.34. The zero-order valence-corrected chi connectivity index (χ0v) is 18.9. The third-order valence-corrected chi connectivity index (χ3v) is 6.68. The van der Waals surface area contributed by atoms with E-state index in [0.717, 1.165) is 49.6 Å². The zero-order chi connectivity index (χ0) is 22.9. The average Bonchev–Trinajstić information content (AvgIpc) is 3.54. The molecule has 0 bridgehead atoms. The zero-order valence-electron chi connectivity index (χ0n) is 18.9. The van der Waals surface area contributed by atoms with Gasteiger partial charge in [-0.15, -0.1) is 0 Å². The van der Waals surface area contributed by atoms with Crippen LogP contribution >= 0.6 is 0 Å². The van der Waals surface area contributed by atoms with Gasteiger partial charge in [0.15, 0.2) is 5.69 Å². The van der Waals surface area contributed by atoms with Crippen molar-refractivity contribution in [1.82, 2.24) is 29.2 Å². The van der Waals surface area contributed by atoms with Gasteiger partial charge in [0.25, 0.3) is 5.91 Å². The fraction of sp³-hybridized carbons (Fsp3) is 0.320. The maximum atomic E-state index is 13.6. The summed E-state index contributed by atoms with van der Waals surface area (Å²) in [6, 6.07) is 13.7. The van der Waals surface area contributed by atoms with Crippen molar-refractivity contribution in [2.45, 2.75) is 18.9 Å². The van der Waals surface area contributed by atoms with Gasteiger partial charge in [-0.1, -0.05) is 12.1 Å². The minimum absolute atomic E-state index is 0.0175. The Kier molecular flexibility index (Phi) is 5.29. The number of carbonyl (C=O) groups is 1. The van der Waals surface area contributed by atoms with E-state index in [1.807, 2.05) is 53.6 Å². The van der Waals surface area contributed by atoms with Crippen LogP contribution in [-0.4, -0.2) is 67.9 Å². The quantitative estimate of drug-likeness (QED) is 0.469. The monoisotopic (exact) mass is 454 g/mol. The topological polar surface area (TPSA) is 82.8 Å². The number of hydrogen-bond acceptors (Lipinski definition) is 7. The fourth-order valence-corrected chi connectivity index (χ4v) is 5.00. The Balaban J connectivity index is 1.28. The predicted octanol–water partition coefficient (Wildman–Crippen LogP) is 2.82. The number of fused-ring (bicyclic) bond motifs is 1. The molecule has 172 valence electrons. The van der Waals surface area contributed by atoms with Gasteiger partial charge in [-0.05, 0) is 43.2 Å². The van der Waals surface area contributed by atoms with Crippen molar-refractivity contribution in [3.05, 3.63) is 78.8 Å². The molecule has 2 aliphatic rings. The first-order valence-electron chi connectivity index (χ1n) is 11.8. The van der Waals surface area contributed by atoms with Crippen LogP contribution in [0.2, 0.25) is 0 Å². The van der Waals surface area contributed by atoms with Gasteiger partial charge in [0.2, 0.25) is 5.95 Å². The Hall–Kier alpha value is -4.01. The molecule has 6 heterocycles. The smallest absolute Gasteiger partial charge is 0.274 e. The SMILES string of the molecule is O=C(c1nc([C@H]2CCCN2c2ncccn2)n2ccccc12)N1CCN(c2ccccn2)CC1. The van der Waals surface area contributed by atoms with E-state index in [-0.39, 0.29) is 11.9 Å². The van der Waals surface area contributed by atoms with Gasteiger partial charge in [-0.3, -0.25) is 4.79 Å². The highest BCUT2D eigenvalue weighted by Crippen LogP contribution is 2.35. The van der Waals surface area contributed by atoms with Crippen LogP contribution in [0.25, 0.3) is 5.52 Å². The number of anilines is 2. The van der Waals surface area contributed by atoms with Crippen molar-refractivity contribution >= 4 is 23.2 Å².